The first-order chi connectivity index (χ1) is 10.7. The van der Waals surface area contributed by atoms with E-state index in [-0.39, 0.29) is 12.2 Å². The van der Waals surface area contributed by atoms with Gasteiger partial charge < -0.3 is 14.4 Å². The fourth-order valence-electron chi connectivity index (χ4n) is 2.90. The summed E-state index contributed by atoms with van der Waals surface area (Å²) in [6, 6.07) is 7.62. The molecule has 0 aliphatic carbocycles. The van der Waals surface area contributed by atoms with Gasteiger partial charge in [0.1, 0.15) is 0 Å². The smallest absolute Gasteiger partial charge is 0.232 e. The van der Waals surface area contributed by atoms with Crippen LogP contribution in [-0.4, -0.2) is 49.2 Å². The molecule has 0 spiro atoms. The lowest BCUT2D eigenvalue weighted by molar-refractivity contribution is -0.136. The molecule has 1 amide bonds. The lowest BCUT2D eigenvalue weighted by Crippen LogP contribution is -2.44. The molecule has 4 nitrogen and oxygen atoms in total. The van der Waals surface area contributed by atoms with Gasteiger partial charge in [-0.3, -0.25) is 4.79 Å². The van der Waals surface area contributed by atoms with Crippen LogP contribution in [0.5, 0.6) is 0 Å². The minimum Gasteiger partial charge on any atom is -0.350 e. The Balaban J connectivity index is 1.52. The van der Waals surface area contributed by atoms with E-state index in [1.165, 1.54) is 11.8 Å². The zero-order valence-corrected chi connectivity index (χ0v) is 13.9. The molecule has 6 heteroatoms. The van der Waals surface area contributed by atoms with Gasteiger partial charge in [-0.2, -0.15) is 0 Å². The van der Waals surface area contributed by atoms with Crippen molar-refractivity contribution in [3.05, 3.63) is 29.3 Å². The van der Waals surface area contributed by atoms with Crippen LogP contribution in [0, 0.1) is 5.92 Å². The van der Waals surface area contributed by atoms with Crippen LogP contribution in [0.1, 0.15) is 12.8 Å². The molecule has 1 aromatic rings. The maximum atomic E-state index is 12.4. The van der Waals surface area contributed by atoms with Crippen molar-refractivity contribution in [1.82, 2.24) is 4.90 Å². The first-order valence-electron chi connectivity index (χ1n) is 7.62. The molecule has 22 heavy (non-hydrogen) atoms. The molecular formula is C16H20ClNO3S. The van der Waals surface area contributed by atoms with Gasteiger partial charge in [0, 0.05) is 23.9 Å². The second kappa shape index (κ2) is 7.68. The Kier molecular flexibility index (Phi) is 5.63. The van der Waals surface area contributed by atoms with Crippen LogP contribution in [0.2, 0.25) is 5.02 Å². The molecule has 0 N–H and O–H groups in total. The molecule has 120 valence electrons. The van der Waals surface area contributed by atoms with Crippen LogP contribution in [0.4, 0.5) is 0 Å². The minimum absolute atomic E-state index is 0.133. The Hall–Kier alpha value is -0.750. The Labute approximate surface area is 140 Å². The molecule has 1 aromatic carbocycles. The van der Waals surface area contributed by atoms with Gasteiger partial charge in [0.05, 0.1) is 24.0 Å². The minimum atomic E-state index is -0.133. The van der Waals surface area contributed by atoms with Crippen molar-refractivity contribution < 1.29 is 14.3 Å². The quantitative estimate of drug-likeness (QED) is 0.789. The van der Waals surface area contributed by atoms with Crippen molar-refractivity contribution in [3.63, 3.8) is 0 Å². The van der Waals surface area contributed by atoms with E-state index < -0.39 is 0 Å². The van der Waals surface area contributed by atoms with E-state index in [0.717, 1.165) is 30.8 Å². The van der Waals surface area contributed by atoms with Gasteiger partial charge in [0.2, 0.25) is 5.91 Å². The lowest BCUT2D eigenvalue weighted by atomic mass is 9.97. The summed E-state index contributed by atoms with van der Waals surface area (Å²) < 4.78 is 11.2. The molecule has 0 aromatic heterocycles. The SMILES string of the molecule is O=C(CSc1ccccc1Cl)N1CCCC(C2OCCO2)C1. The van der Waals surface area contributed by atoms with Gasteiger partial charge in [-0.15, -0.1) is 11.8 Å². The van der Waals surface area contributed by atoms with Crippen LogP contribution in [-0.2, 0) is 14.3 Å². The molecule has 2 heterocycles. The van der Waals surface area contributed by atoms with Gasteiger partial charge in [-0.05, 0) is 25.0 Å². The summed E-state index contributed by atoms with van der Waals surface area (Å²) in [6.45, 7) is 2.88. The Bertz CT molecular complexity index is 522. The molecule has 2 saturated heterocycles. The molecule has 3 rings (SSSR count). The third-order valence-corrected chi connectivity index (χ3v) is 5.53. The standard InChI is InChI=1S/C16H20ClNO3S/c17-13-5-1-2-6-14(13)22-11-15(19)18-7-3-4-12(10-18)16-20-8-9-21-16/h1-2,5-6,12,16H,3-4,7-11H2. The number of likely N-dealkylation sites (tertiary alicyclic amines) is 1. The van der Waals surface area contributed by atoms with E-state index in [2.05, 4.69) is 0 Å². The van der Waals surface area contributed by atoms with Crippen molar-refractivity contribution in [2.45, 2.75) is 24.0 Å². The topological polar surface area (TPSA) is 38.8 Å². The summed E-state index contributed by atoms with van der Waals surface area (Å²) in [7, 11) is 0. The number of hydrogen-bond donors (Lipinski definition) is 0. The highest BCUT2D eigenvalue weighted by Crippen LogP contribution is 2.28. The van der Waals surface area contributed by atoms with Crippen LogP contribution in [0.15, 0.2) is 29.2 Å². The number of ether oxygens (including phenoxy) is 2. The molecular weight excluding hydrogens is 322 g/mol. The predicted octanol–water partition coefficient (Wildman–Crippen LogP) is 3.04. The molecule has 2 fully saturated rings. The van der Waals surface area contributed by atoms with Gasteiger partial charge >= 0.3 is 0 Å². The fraction of sp³-hybridized carbons (Fsp3) is 0.562. The van der Waals surface area contributed by atoms with Crippen LogP contribution in [0.3, 0.4) is 0 Å². The predicted molar refractivity (Wildman–Crippen MR) is 87.2 cm³/mol. The Morgan fingerprint density at radius 1 is 1.32 bits per heavy atom. The van der Waals surface area contributed by atoms with Gasteiger partial charge in [-0.1, -0.05) is 23.7 Å². The zero-order chi connectivity index (χ0) is 15.4. The number of nitrogens with zero attached hydrogens (tertiary/aromatic N) is 1. The monoisotopic (exact) mass is 341 g/mol. The molecule has 0 radical (unpaired) electrons. The summed E-state index contributed by atoms with van der Waals surface area (Å²) in [5, 5.41) is 0.699. The van der Waals surface area contributed by atoms with E-state index in [1.807, 2.05) is 29.2 Å². The first-order valence-corrected chi connectivity index (χ1v) is 8.99. The number of halogens is 1. The van der Waals surface area contributed by atoms with E-state index in [9.17, 15) is 4.79 Å². The number of benzene rings is 1. The molecule has 2 aliphatic rings. The van der Waals surface area contributed by atoms with Crippen molar-refractivity contribution >= 4 is 29.3 Å². The van der Waals surface area contributed by atoms with Gasteiger partial charge in [0.15, 0.2) is 6.29 Å². The average Bonchev–Trinajstić information content (AvgIpc) is 3.08. The molecule has 1 unspecified atom stereocenters. The fourth-order valence-corrected chi connectivity index (χ4v) is 4.04. The summed E-state index contributed by atoms with van der Waals surface area (Å²) in [5.74, 6) is 0.876. The van der Waals surface area contributed by atoms with E-state index in [1.54, 1.807) is 0 Å². The number of rotatable bonds is 4. The van der Waals surface area contributed by atoms with Crippen LogP contribution in [0.25, 0.3) is 0 Å². The highest BCUT2D eigenvalue weighted by atomic mass is 35.5. The van der Waals surface area contributed by atoms with E-state index in [4.69, 9.17) is 21.1 Å². The number of carbonyl (C=O) groups is 1. The summed E-state index contributed by atoms with van der Waals surface area (Å²) >= 11 is 7.62. The van der Waals surface area contributed by atoms with Crippen molar-refractivity contribution in [1.29, 1.82) is 0 Å². The van der Waals surface area contributed by atoms with Crippen molar-refractivity contribution in [2.24, 2.45) is 5.92 Å². The van der Waals surface area contributed by atoms with E-state index in [0.29, 0.717) is 29.9 Å². The lowest BCUT2D eigenvalue weighted by Gasteiger charge is -2.34. The molecule has 1 atom stereocenters. The van der Waals surface area contributed by atoms with Crippen molar-refractivity contribution in [2.75, 3.05) is 32.1 Å². The Morgan fingerprint density at radius 2 is 2.09 bits per heavy atom. The third-order valence-electron chi connectivity index (χ3n) is 4.03. The number of piperidine rings is 1. The Morgan fingerprint density at radius 3 is 2.86 bits per heavy atom. The maximum Gasteiger partial charge on any atom is 0.232 e. The number of carbonyl (C=O) groups excluding carboxylic acids is 1. The van der Waals surface area contributed by atoms with Gasteiger partial charge in [0.25, 0.3) is 0 Å². The van der Waals surface area contributed by atoms with E-state index >= 15 is 0 Å². The second-order valence-electron chi connectivity index (χ2n) is 5.57. The van der Waals surface area contributed by atoms with Crippen LogP contribution < -0.4 is 0 Å². The summed E-state index contributed by atoms with van der Waals surface area (Å²) in [4.78, 5) is 15.3. The molecule has 2 aliphatic heterocycles. The largest absolute Gasteiger partial charge is 0.350 e. The third kappa shape index (κ3) is 3.96. The number of amides is 1. The van der Waals surface area contributed by atoms with Crippen LogP contribution >= 0.6 is 23.4 Å². The van der Waals surface area contributed by atoms with Crippen molar-refractivity contribution in [3.8, 4) is 0 Å². The molecule has 0 saturated carbocycles. The highest BCUT2D eigenvalue weighted by molar-refractivity contribution is 8.00. The second-order valence-corrected chi connectivity index (χ2v) is 7.00. The summed E-state index contributed by atoms with van der Waals surface area (Å²) in [5.41, 5.74) is 0. The zero-order valence-electron chi connectivity index (χ0n) is 12.4. The highest BCUT2D eigenvalue weighted by Gasteiger charge is 2.32. The molecule has 0 bridgehead atoms. The average molecular weight is 342 g/mol. The number of hydrogen-bond acceptors (Lipinski definition) is 4. The maximum absolute atomic E-state index is 12.4. The van der Waals surface area contributed by atoms with Gasteiger partial charge in [-0.25, -0.2) is 0 Å². The number of thioether (sulfide) groups is 1. The summed E-state index contributed by atoms with van der Waals surface area (Å²) in [6.07, 6.45) is 1.94. The first kappa shape index (κ1) is 16.1. The normalized spacial score (nSPS) is 23.0.